The van der Waals surface area contributed by atoms with E-state index in [-0.39, 0.29) is 18.1 Å². The molecule has 1 heterocycles. The van der Waals surface area contributed by atoms with Crippen molar-refractivity contribution in [2.75, 3.05) is 6.61 Å². The van der Waals surface area contributed by atoms with Crippen LogP contribution in [0, 0.1) is 11.6 Å². The Labute approximate surface area is 99.2 Å². The lowest BCUT2D eigenvalue weighted by Gasteiger charge is -2.35. The molecule has 2 rings (SSSR count). The van der Waals surface area contributed by atoms with Gasteiger partial charge in [-0.2, -0.15) is 0 Å². The van der Waals surface area contributed by atoms with Gasteiger partial charge in [0.2, 0.25) is 0 Å². The molecule has 1 aliphatic rings. The predicted octanol–water partition coefficient (Wildman–Crippen LogP) is 2.44. The Balaban J connectivity index is 2.19. The van der Waals surface area contributed by atoms with Gasteiger partial charge in [-0.25, -0.2) is 8.78 Å². The first-order valence-corrected chi connectivity index (χ1v) is 5.77. The second-order valence-corrected chi connectivity index (χ2v) is 4.74. The van der Waals surface area contributed by atoms with E-state index in [0.29, 0.717) is 19.4 Å². The van der Waals surface area contributed by atoms with E-state index in [0.717, 1.165) is 0 Å². The van der Waals surface area contributed by atoms with E-state index in [1.807, 2.05) is 6.92 Å². The second-order valence-electron chi connectivity index (χ2n) is 4.74. The van der Waals surface area contributed by atoms with Gasteiger partial charge in [0.1, 0.15) is 11.6 Å². The zero-order valence-electron chi connectivity index (χ0n) is 9.75. The average Bonchev–Trinajstić information content (AvgIpc) is 2.23. The number of halogens is 2. The normalized spacial score (nSPS) is 29.3. The molecular formula is C13H16F2O2. The van der Waals surface area contributed by atoms with Crippen LogP contribution in [0.4, 0.5) is 8.78 Å². The Morgan fingerprint density at radius 1 is 1.41 bits per heavy atom. The minimum Gasteiger partial charge on any atom is -0.389 e. The molecule has 1 aromatic rings. The quantitative estimate of drug-likeness (QED) is 0.863. The molecule has 0 amide bonds. The van der Waals surface area contributed by atoms with E-state index in [9.17, 15) is 13.9 Å². The molecule has 2 nitrogen and oxygen atoms in total. The maximum Gasteiger partial charge on any atom is 0.129 e. The van der Waals surface area contributed by atoms with E-state index >= 15 is 0 Å². The molecule has 0 aromatic heterocycles. The monoisotopic (exact) mass is 242 g/mol. The first-order chi connectivity index (χ1) is 8.00. The Bertz CT molecular complexity index is 388. The third-order valence-corrected chi connectivity index (χ3v) is 3.20. The summed E-state index contributed by atoms with van der Waals surface area (Å²) in [5.74, 6) is -1.20. The van der Waals surface area contributed by atoms with Gasteiger partial charge in [-0.15, -0.1) is 0 Å². The van der Waals surface area contributed by atoms with Crippen LogP contribution >= 0.6 is 0 Å². The van der Waals surface area contributed by atoms with Crippen LogP contribution in [0.1, 0.15) is 25.3 Å². The molecule has 0 spiro atoms. The molecule has 2 atom stereocenters. The van der Waals surface area contributed by atoms with Crippen LogP contribution in [0.25, 0.3) is 0 Å². The number of benzene rings is 1. The molecule has 1 N–H and O–H groups in total. The Hall–Kier alpha value is -1.00. The highest BCUT2D eigenvalue weighted by molar-refractivity contribution is 5.21. The van der Waals surface area contributed by atoms with Crippen LogP contribution in [0.5, 0.6) is 0 Å². The molecular weight excluding hydrogens is 226 g/mol. The van der Waals surface area contributed by atoms with E-state index in [1.165, 1.54) is 18.2 Å². The lowest BCUT2D eigenvalue weighted by atomic mass is 9.84. The SMILES string of the molecule is CC1CC(O)(Cc2c(F)cccc2F)CCO1. The van der Waals surface area contributed by atoms with Crippen LogP contribution in [-0.4, -0.2) is 23.4 Å². The molecule has 0 radical (unpaired) electrons. The van der Waals surface area contributed by atoms with Crippen LogP contribution in [-0.2, 0) is 11.2 Å². The third kappa shape index (κ3) is 2.82. The predicted molar refractivity (Wildman–Crippen MR) is 59.7 cm³/mol. The van der Waals surface area contributed by atoms with Crippen molar-refractivity contribution in [3.05, 3.63) is 35.4 Å². The summed E-state index contributed by atoms with van der Waals surface area (Å²) in [6.45, 7) is 2.27. The molecule has 0 bridgehead atoms. The molecule has 94 valence electrons. The topological polar surface area (TPSA) is 29.5 Å². The van der Waals surface area contributed by atoms with Gasteiger partial charge in [0.05, 0.1) is 11.7 Å². The summed E-state index contributed by atoms with van der Waals surface area (Å²) >= 11 is 0. The number of aliphatic hydroxyl groups is 1. The average molecular weight is 242 g/mol. The van der Waals surface area contributed by atoms with Gasteiger partial charge in [-0.1, -0.05) is 6.07 Å². The fourth-order valence-electron chi connectivity index (χ4n) is 2.34. The van der Waals surface area contributed by atoms with Gasteiger partial charge in [-0.05, 0) is 25.5 Å². The third-order valence-electron chi connectivity index (χ3n) is 3.20. The van der Waals surface area contributed by atoms with E-state index < -0.39 is 17.2 Å². The zero-order chi connectivity index (χ0) is 12.5. The number of hydrogen-bond donors (Lipinski definition) is 1. The Morgan fingerprint density at radius 2 is 2.06 bits per heavy atom. The highest BCUT2D eigenvalue weighted by Crippen LogP contribution is 2.30. The van der Waals surface area contributed by atoms with Crippen LogP contribution in [0.15, 0.2) is 18.2 Å². The molecule has 1 aliphatic heterocycles. The zero-order valence-corrected chi connectivity index (χ0v) is 9.75. The largest absolute Gasteiger partial charge is 0.389 e. The first-order valence-electron chi connectivity index (χ1n) is 5.77. The number of ether oxygens (including phenoxy) is 1. The Kier molecular flexibility index (Phi) is 3.45. The summed E-state index contributed by atoms with van der Waals surface area (Å²) in [5.41, 5.74) is -1.11. The lowest BCUT2D eigenvalue weighted by molar-refractivity contribution is -0.0967. The summed E-state index contributed by atoms with van der Waals surface area (Å²) in [6.07, 6.45) is 0.731. The molecule has 2 unspecified atom stereocenters. The van der Waals surface area contributed by atoms with Crippen molar-refractivity contribution in [2.24, 2.45) is 0 Å². The van der Waals surface area contributed by atoms with Crippen LogP contribution < -0.4 is 0 Å². The molecule has 1 saturated heterocycles. The fraction of sp³-hybridized carbons (Fsp3) is 0.538. The smallest absolute Gasteiger partial charge is 0.129 e. The summed E-state index contributed by atoms with van der Waals surface area (Å²) in [5, 5.41) is 10.3. The standard InChI is InChI=1S/C13H16F2O2/c1-9-7-13(16,5-6-17-9)8-10-11(14)3-2-4-12(10)15/h2-4,9,16H,5-8H2,1H3. The highest BCUT2D eigenvalue weighted by Gasteiger charge is 2.34. The summed E-state index contributed by atoms with van der Waals surface area (Å²) in [7, 11) is 0. The molecule has 1 fully saturated rings. The maximum absolute atomic E-state index is 13.5. The number of rotatable bonds is 2. The molecule has 0 saturated carbocycles. The number of hydrogen-bond acceptors (Lipinski definition) is 2. The summed E-state index contributed by atoms with van der Waals surface area (Å²) in [4.78, 5) is 0. The summed E-state index contributed by atoms with van der Waals surface area (Å²) in [6, 6.07) is 3.75. The van der Waals surface area contributed by atoms with Crippen LogP contribution in [0.2, 0.25) is 0 Å². The van der Waals surface area contributed by atoms with Gasteiger partial charge in [0.15, 0.2) is 0 Å². The second kappa shape index (κ2) is 4.70. The van der Waals surface area contributed by atoms with Crippen molar-refractivity contribution >= 4 is 0 Å². The van der Waals surface area contributed by atoms with Gasteiger partial charge in [-0.3, -0.25) is 0 Å². The van der Waals surface area contributed by atoms with Crippen molar-refractivity contribution in [3.63, 3.8) is 0 Å². The molecule has 1 aromatic carbocycles. The van der Waals surface area contributed by atoms with Crippen LogP contribution in [0.3, 0.4) is 0 Å². The van der Waals surface area contributed by atoms with E-state index in [4.69, 9.17) is 4.74 Å². The van der Waals surface area contributed by atoms with Gasteiger partial charge < -0.3 is 9.84 Å². The van der Waals surface area contributed by atoms with Crippen molar-refractivity contribution in [3.8, 4) is 0 Å². The van der Waals surface area contributed by atoms with Crippen molar-refractivity contribution in [2.45, 2.75) is 37.9 Å². The van der Waals surface area contributed by atoms with Gasteiger partial charge >= 0.3 is 0 Å². The molecule has 0 aliphatic carbocycles. The Morgan fingerprint density at radius 3 is 2.65 bits per heavy atom. The highest BCUT2D eigenvalue weighted by atomic mass is 19.1. The minimum atomic E-state index is -1.07. The summed E-state index contributed by atoms with van der Waals surface area (Å²) < 4.78 is 32.3. The lowest BCUT2D eigenvalue weighted by Crippen LogP contribution is -2.42. The van der Waals surface area contributed by atoms with Crippen molar-refractivity contribution < 1.29 is 18.6 Å². The van der Waals surface area contributed by atoms with E-state index in [2.05, 4.69) is 0 Å². The maximum atomic E-state index is 13.5. The van der Waals surface area contributed by atoms with Crippen molar-refractivity contribution in [1.29, 1.82) is 0 Å². The fourth-order valence-corrected chi connectivity index (χ4v) is 2.34. The van der Waals surface area contributed by atoms with Gasteiger partial charge in [0.25, 0.3) is 0 Å². The molecule has 4 heteroatoms. The first kappa shape index (κ1) is 12.5. The molecule has 17 heavy (non-hydrogen) atoms. The minimum absolute atomic E-state index is 0.000787. The van der Waals surface area contributed by atoms with Crippen molar-refractivity contribution in [1.82, 2.24) is 0 Å². The van der Waals surface area contributed by atoms with Gasteiger partial charge in [0, 0.05) is 25.0 Å². The van der Waals surface area contributed by atoms with E-state index in [1.54, 1.807) is 0 Å².